The first-order valence-corrected chi connectivity index (χ1v) is 11.0. The van der Waals surface area contributed by atoms with E-state index in [0.717, 1.165) is 23.4 Å². The van der Waals surface area contributed by atoms with Crippen LogP contribution in [0.5, 0.6) is 0 Å². The van der Waals surface area contributed by atoms with Crippen molar-refractivity contribution in [3.05, 3.63) is 62.3 Å². The van der Waals surface area contributed by atoms with Crippen molar-refractivity contribution >= 4 is 28.7 Å². The van der Waals surface area contributed by atoms with Gasteiger partial charge in [0.05, 0.1) is 11.3 Å². The second-order valence-corrected chi connectivity index (χ2v) is 9.97. The molecule has 0 saturated carbocycles. The van der Waals surface area contributed by atoms with E-state index in [-0.39, 0.29) is 22.8 Å². The molecule has 2 aromatic heterocycles. The molecule has 29 heavy (non-hydrogen) atoms. The lowest BCUT2D eigenvalue weighted by atomic mass is 9.75. The van der Waals surface area contributed by atoms with Gasteiger partial charge in [0.1, 0.15) is 5.01 Å². The SMILES string of the molecule is CC(C)n1c2c(cc(-c3nc(-c4ccc(Cl)cc4)cs3)c1=O)C(=O)CC(C)(C)C2. The maximum absolute atomic E-state index is 13.4. The Morgan fingerprint density at radius 3 is 2.45 bits per heavy atom. The summed E-state index contributed by atoms with van der Waals surface area (Å²) >= 11 is 7.39. The summed E-state index contributed by atoms with van der Waals surface area (Å²) < 4.78 is 1.78. The molecule has 0 aliphatic heterocycles. The van der Waals surface area contributed by atoms with Crippen LogP contribution < -0.4 is 5.56 Å². The van der Waals surface area contributed by atoms with Crippen molar-refractivity contribution in [2.75, 3.05) is 0 Å². The second-order valence-electron chi connectivity index (χ2n) is 8.67. The van der Waals surface area contributed by atoms with Gasteiger partial charge in [0.15, 0.2) is 5.78 Å². The molecule has 0 amide bonds. The molecule has 2 heterocycles. The molecular formula is C23H23ClN2O2S. The van der Waals surface area contributed by atoms with Crippen LogP contribution in [-0.4, -0.2) is 15.3 Å². The number of ketones is 1. The average molecular weight is 427 g/mol. The number of rotatable bonds is 3. The van der Waals surface area contributed by atoms with Gasteiger partial charge in [0.25, 0.3) is 5.56 Å². The third kappa shape index (κ3) is 3.69. The van der Waals surface area contributed by atoms with Gasteiger partial charge < -0.3 is 4.57 Å². The Balaban J connectivity index is 1.87. The molecule has 0 saturated heterocycles. The number of Topliss-reactive ketones (excluding diaryl/α,β-unsaturated/α-hetero) is 1. The van der Waals surface area contributed by atoms with Gasteiger partial charge in [-0.3, -0.25) is 9.59 Å². The normalized spacial score (nSPS) is 15.6. The lowest BCUT2D eigenvalue weighted by Crippen LogP contribution is -2.36. The van der Waals surface area contributed by atoms with Crippen LogP contribution in [0.15, 0.2) is 40.5 Å². The first-order valence-electron chi connectivity index (χ1n) is 9.70. The van der Waals surface area contributed by atoms with Crippen LogP contribution in [0, 0.1) is 5.41 Å². The minimum atomic E-state index is -0.141. The van der Waals surface area contributed by atoms with Crippen LogP contribution in [-0.2, 0) is 6.42 Å². The molecule has 0 bridgehead atoms. The molecule has 4 rings (SSSR count). The zero-order valence-electron chi connectivity index (χ0n) is 17.0. The Morgan fingerprint density at radius 1 is 1.10 bits per heavy atom. The molecule has 0 atom stereocenters. The quantitative estimate of drug-likeness (QED) is 0.513. The van der Waals surface area contributed by atoms with E-state index >= 15 is 0 Å². The number of fused-ring (bicyclic) bond motifs is 1. The van der Waals surface area contributed by atoms with Crippen molar-refractivity contribution in [1.82, 2.24) is 9.55 Å². The van der Waals surface area contributed by atoms with Gasteiger partial charge in [-0.2, -0.15) is 0 Å². The Kier molecular flexibility index (Phi) is 4.99. The first-order chi connectivity index (χ1) is 13.7. The molecule has 0 radical (unpaired) electrons. The molecule has 0 N–H and O–H groups in total. The summed E-state index contributed by atoms with van der Waals surface area (Å²) in [5.74, 6) is 0.0985. The Hall–Kier alpha value is -2.24. The standard InChI is InChI=1S/C23H23ClN2O2S/c1-13(2)26-19-10-23(3,4)11-20(27)16(19)9-17(22(26)28)21-25-18(12-29-21)14-5-7-15(24)8-6-14/h5-9,12-13H,10-11H2,1-4H3. The number of aromatic nitrogens is 2. The smallest absolute Gasteiger partial charge is 0.261 e. The average Bonchev–Trinajstić information content (AvgIpc) is 3.10. The van der Waals surface area contributed by atoms with E-state index in [0.29, 0.717) is 27.6 Å². The van der Waals surface area contributed by atoms with Crippen molar-refractivity contribution in [1.29, 1.82) is 0 Å². The Bertz CT molecular complexity index is 1160. The van der Waals surface area contributed by atoms with Crippen LogP contribution in [0.1, 0.15) is 56.2 Å². The molecule has 150 valence electrons. The summed E-state index contributed by atoms with van der Waals surface area (Å²) in [4.78, 5) is 31.0. The molecule has 0 unspecified atom stereocenters. The van der Waals surface area contributed by atoms with Crippen LogP contribution in [0.3, 0.4) is 0 Å². The lowest BCUT2D eigenvalue weighted by Gasteiger charge is -2.33. The van der Waals surface area contributed by atoms with E-state index < -0.39 is 0 Å². The monoisotopic (exact) mass is 426 g/mol. The molecule has 0 fully saturated rings. The highest BCUT2D eigenvalue weighted by molar-refractivity contribution is 7.13. The third-order valence-corrected chi connectivity index (χ3v) is 6.44. The highest BCUT2D eigenvalue weighted by atomic mass is 35.5. The second kappa shape index (κ2) is 7.22. The number of hydrogen-bond donors (Lipinski definition) is 0. The molecule has 1 aliphatic carbocycles. The van der Waals surface area contributed by atoms with E-state index in [1.54, 1.807) is 10.6 Å². The summed E-state index contributed by atoms with van der Waals surface area (Å²) in [6.07, 6.45) is 1.21. The maximum Gasteiger partial charge on any atom is 0.261 e. The minimum Gasteiger partial charge on any atom is -0.309 e. The number of nitrogens with zero attached hydrogens (tertiary/aromatic N) is 2. The summed E-state index contributed by atoms with van der Waals surface area (Å²) in [5, 5.41) is 3.23. The first kappa shape index (κ1) is 20.0. The molecule has 3 aromatic rings. The fourth-order valence-corrected chi connectivity index (χ4v) is 4.95. The number of halogens is 1. The Morgan fingerprint density at radius 2 is 1.79 bits per heavy atom. The highest BCUT2D eigenvalue weighted by Crippen LogP contribution is 2.37. The highest BCUT2D eigenvalue weighted by Gasteiger charge is 2.34. The molecule has 1 aromatic carbocycles. The van der Waals surface area contributed by atoms with Crippen molar-refractivity contribution in [3.8, 4) is 21.8 Å². The van der Waals surface area contributed by atoms with Crippen LogP contribution in [0.4, 0.5) is 0 Å². The predicted octanol–water partition coefficient (Wildman–Crippen LogP) is 6.03. The number of pyridine rings is 1. The van der Waals surface area contributed by atoms with Crippen molar-refractivity contribution in [2.24, 2.45) is 5.41 Å². The van der Waals surface area contributed by atoms with Gasteiger partial charge in [-0.15, -0.1) is 11.3 Å². The zero-order chi connectivity index (χ0) is 20.9. The van der Waals surface area contributed by atoms with Gasteiger partial charge in [0, 0.05) is 39.7 Å². The predicted molar refractivity (Wildman–Crippen MR) is 119 cm³/mol. The van der Waals surface area contributed by atoms with Crippen LogP contribution in [0.25, 0.3) is 21.8 Å². The van der Waals surface area contributed by atoms with Gasteiger partial charge in [-0.1, -0.05) is 37.6 Å². The number of carbonyl (C=O) groups excluding carboxylic acids is 1. The molecule has 1 aliphatic rings. The van der Waals surface area contributed by atoms with Crippen LogP contribution >= 0.6 is 22.9 Å². The molecule has 6 heteroatoms. The van der Waals surface area contributed by atoms with Crippen molar-refractivity contribution in [3.63, 3.8) is 0 Å². The summed E-state index contributed by atoms with van der Waals surface area (Å²) in [6, 6.07) is 9.19. The maximum atomic E-state index is 13.4. The molecular weight excluding hydrogens is 404 g/mol. The van der Waals surface area contributed by atoms with E-state index in [9.17, 15) is 9.59 Å². The number of hydrogen-bond acceptors (Lipinski definition) is 4. The molecule has 4 nitrogen and oxygen atoms in total. The van der Waals surface area contributed by atoms with Gasteiger partial charge in [-0.05, 0) is 43.9 Å². The van der Waals surface area contributed by atoms with Gasteiger partial charge in [0.2, 0.25) is 0 Å². The van der Waals surface area contributed by atoms with Gasteiger partial charge in [-0.25, -0.2) is 4.98 Å². The van der Waals surface area contributed by atoms with E-state index in [4.69, 9.17) is 16.6 Å². The fourth-order valence-electron chi connectivity index (χ4n) is 3.99. The number of thiazole rings is 1. The fraction of sp³-hybridized carbons (Fsp3) is 0.348. The van der Waals surface area contributed by atoms with Crippen molar-refractivity contribution < 1.29 is 4.79 Å². The summed E-state index contributed by atoms with van der Waals surface area (Å²) in [7, 11) is 0. The van der Waals surface area contributed by atoms with E-state index in [1.165, 1.54) is 11.3 Å². The van der Waals surface area contributed by atoms with Crippen LogP contribution in [0.2, 0.25) is 5.02 Å². The van der Waals surface area contributed by atoms with E-state index in [2.05, 4.69) is 13.8 Å². The van der Waals surface area contributed by atoms with Gasteiger partial charge >= 0.3 is 0 Å². The topological polar surface area (TPSA) is 52.0 Å². The summed E-state index contributed by atoms with van der Waals surface area (Å²) in [5.41, 5.74) is 3.52. The summed E-state index contributed by atoms with van der Waals surface area (Å²) in [6.45, 7) is 8.13. The number of benzene rings is 1. The molecule has 0 spiro atoms. The number of carbonyl (C=O) groups is 1. The Labute approximate surface area is 179 Å². The minimum absolute atomic E-state index is 0.0337. The largest absolute Gasteiger partial charge is 0.309 e. The third-order valence-electron chi connectivity index (χ3n) is 5.32. The van der Waals surface area contributed by atoms with Crippen molar-refractivity contribution in [2.45, 2.75) is 46.6 Å². The lowest BCUT2D eigenvalue weighted by molar-refractivity contribution is 0.0907. The van der Waals surface area contributed by atoms with E-state index in [1.807, 2.05) is 43.5 Å². The zero-order valence-corrected chi connectivity index (χ0v) is 18.5.